The number of hydrogen-bond acceptors (Lipinski definition) is 1. The number of carbonyl (C=O) groups is 1. The molecule has 3 nitrogen and oxygen atoms in total. The van der Waals surface area contributed by atoms with Crippen LogP contribution in [-0.2, 0) is 0 Å². The van der Waals surface area contributed by atoms with E-state index in [1.807, 2.05) is 18.2 Å². The second-order valence-electron chi connectivity index (χ2n) is 3.09. The van der Waals surface area contributed by atoms with Crippen molar-refractivity contribution in [3.8, 4) is 0 Å². The fraction of sp³-hybridized carbons (Fsp3) is 0.100. The molecule has 0 bridgehead atoms. The van der Waals surface area contributed by atoms with Gasteiger partial charge in [0.2, 0.25) is 0 Å². The molecule has 4 heteroatoms. The van der Waals surface area contributed by atoms with Crippen LogP contribution in [0.25, 0.3) is 10.9 Å². The number of rotatable bonds is 1. The van der Waals surface area contributed by atoms with E-state index < -0.39 is 5.97 Å². The number of H-pyrrole nitrogens is 1. The van der Waals surface area contributed by atoms with Crippen molar-refractivity contribution >= 4 is 32.8 Å². The van der Waals surface area contributed by atoms with E-state index in [0.29, 0.717) is 0 Å². The van der Waals surface area contributed by atoms with E-state index in [1.165, 1.54) is 0 Å². The quantitative estimate of drug-likeness (QED) is 0.821. The number of aromatic carboxylic acids is 1. The van der Waals surface area contributed by atoms with Gasteiger partial charge in [-0.15, -0.1) is 0 Å². The topological polar surface area (TPSA) is 53.1 Å². The van der Waals surface area contributed by atoms with Crippen LogP contribution in [0.15, 0.2) is 22.7 Å². The SMILES string of the molecule is Cc1c(C(=O)O)[nH]c2cccc(Br)c12. The Morgan fingerprint density at radius 1 is 1.50 bits per heavy atom. The Morgan fingerprint density at radius 2 is 2.21 bits per heavy atom. The van der Waals surface area contributed by atoms with Crippen LogP contribution in [0.1, 0.15) is 16.1 Å². The Labute approximate surface area is 88.9 Å². The zero-order valence-electron chi connectivity index (χ0n) is 7.47. The lowest BCUT2D eigenvalue weighted by Crippen LogP contribution is -1.98. The third-order valence-corrected chi connectivity index (χ3v) is 2.90. The number of aromatic nitrogens is 1. The summed E-state index contributed by atoms with van der Waals surface area (Å²) in [6.07, 6.45) is 0. The third-order valence-electron chi connectivity index (χ3n) is 2.24. The molecule has 0 radical (unpaired) electrons. The highest BCUT2D eigenvalue weighted by atomic mass is 79.9. The van der Waals surface area contributed by atoms with Crippen molar-refractivity contribution in [1.29, 1.82) is 0 Å². The molecule has 1 heterocycles. The summed E-state index contributed by atoms with van der Waals surface area (Å²) in [6.45, 7) is 1.80. The summed E-state index contributed by atoms with van der Waals surface area (Å²) in [4.78, 5) is 13.7. The number of nitrogens with one attached hydrogen (secondary N) is 1. The van der Waals surface area contributed by atoms with Gasteiger partial charge in [0.25, 0.3) is 0 Å². The molecule has 0 aliphatic heterocycles. The molecule has 0 amide bonds. The van der Waals surface area contributed by atoms with Crippen molar-refractivity contribution in [3.63, 3.8) is 0 Å². The average Bonchev–Trinajstić information content (AvgIpc) is 2.45. The van der Waals surface area contributed by atoms with Crippen molar-refractivity contribution in [2.24, 2.45) is 0 Å². The number of carboxylic acid groups (broad SMARTS) is 1. The molecule has 72 valence electrons. The normalized spacial score (nSPS) is 10.7. The molecular weight excluding hydrogens is 246 g/mol. The Bertz CT molecular complexity index is 516. The third kappa shape index (κ3) is 1.23. The number of carboxylic acids is 1. The van der Waals surface area contributed by atoms with Crippen molar-refractivity contribution in [2.45, 2.75) is 6.92 Å². The molecule has 0 aliphatic rings. The molecule has 0 unspecified atom stereocenters. The lowest BCUT2D eigenvalue weighted by molar-refractivity contribution is 0.0691. The Morgan fingerprint density at radius 3 is 2.79 bits per heavy atom. The van der Waals surface area contributed by atoms with Crippen LogP contribution in [0.2, 0.25) is 0 Å². The van der Waals surface area contributed by atoms with Crippen LogP contribution in [0.5, 0.6) is 0 Å². The van der Waals surface area contributed by atoms with E-state index in [-0.39, 0.29) is 5.69 Å². The van der Waals surface area contributed by atoms with Crippen molar-refractivity contribution in [3.05, 3.63) is 33.9 Å². The van der Waals surface area contributed by atoms with Gasteiger partial charge in [0.15, 0.2) is 0 Å². The molecule has 1 aromatic heterocycles. The Balaban J connectivity index is 2.87. The Hall–Kier alpha value is -1.29. The maximum absolute atomic E-state index is 10.9. The van der Waals surface area contributed by atoms with Gasteiger partial charge in [-0.05, 0) is 24.6 Å². The van der Waals surface area contributed by atoms with Gasteiger partial charge < -0.3 is 10.1 Å². The number of fused-ring (bicyclic) bond motifs is 1. The van der Waals surface area contributed by atoms with Crippen LogP contribution < -0.4 is 0 Å². The van der Waals surface area contributed by atoms with Crippen LogP contribution in [0.4, 0.5) is 0 Å². The smallest absolute Gasteiger partial charge is 0.352 e. The predicted octanol–water partition coefficient (Wildman–Crippen LogP) is 2.94. The maximum atomic E-state index is 10.9. The van der Waals surface area contributed by atoms with Gasteiger partial charge in [-0.3, -0.25) is 0 Å². The van der Waals surface area contributed by atoms with E-state index >= 15 is 0 Å². The first-order valence-corrected chi connectivity index (χ1v) is 4.90. The largest absolute Gasteiger partial charge is 0.477 e. The molecule has 1 aromatic carbocycles. The molecule has 2 aromatic rings. The lowest BCUT2D eigenvalue weighted by Gasteiger charge is -1.94. The van der Waals surface area contributed by atoms with Gasteiger partial charge >= 0.3 is 5.97 Å². The van der Waals surface area contributed by atoms with Gasteiger partial charge in [0, 0.05) is 15.4 Å². The fourth-order valence-electron chi connectivity index (χ4n) is 1.58. The predicted molar refractivity (Wildman–Crippen MR) is 57.7 cm³/mol. The minimum atomic E-state index is -0.925. The van der Waals surface area contributed by atoms with Gasteiger partial charge in [-0.25, -0.2) is 4.79 Å². The van der Waals surface area contributed by atoms with Crippen LogP contribution in [0.3, 0.4) is 0 Å². The second-order valence-corrected chi connectivity index (χ2v) is 3.95. The summed E-state index contributed by atoms with van der Waals surface area (Å²) >= 11 is 3.40. The summed E-state index contributed by atoms with van der Waals surface area (Å²) in [5.74, 6) is -0.925. The van der Waals surface area contributed by atoms with E-state index in [4.69, 9.17) is 5.11 Å². The van der Waals surface area contributed by atoms with Crippen molar-refractivity contribution in [1.82, 2.24) is 4.98 Å². The minimum absolute atomic E-state index is 0.256. The molecule has 0 saturated heterocycles. The number of aromatic amines is 1. The molecule has 0 aliphatic carbocycles. The van der Waals surface area contributed by atoms with E-state index in [9.17, 15) is 4.79 Å². The van der Waals surface area contributed by atoms with E-state index in [0.717, 1.165) is 20.9 Å². The summed E-state index contributed by atoms with van der Waals surface area (Å²) in [7, 11) is 0. The minimum Gasteiger partial charge on any atom is -0.477 e. The average molecular weight is 254 g/mol. The fourth-order valence-corrected chi connectivity index (χ4v) is 2.24. The molecule has 2 rings (SSSR count). The first-order valence-electron chi connectivity index (χ1n) is 4.11. The number of hydrogen-bond donors (Lipinski definition) is 2. The summed E-state index contributed by atoms with van der Waals surface area (Å²) < 4.78 is 0.913. The van der Waals surface area contributed by atoms with Crippen LogP contribution in [-0.4, -0.2) is 16.1 Å². The van der Waals surface area contributed by atoms with Crippen molar-refractivity contribution in [2.75, 3.05) is 0 Å². The standard InChI is InChI=1S/C10H8BrNO2/c1-5-8-6(11)3-2-4-7(8)12-9(5)10(13)14/h2-4,12H,1H3,(H,13,14). The molecule has 2 N–H and O–H groups in total. The number of halogens is 1. The monoisotopic (exact) mass is 253 g/mol. The van der Waals surface area contributed by atoms with Gasteiger partial charge in [-0.1, -0.05) is 22.0 Å². The second kappa shape index (κ2) is 3.13. The van der Waals surface area contributed by atoms with Crippen LogP contribution in [0, 0.1) is 6.92 Å². The zero-order chi connectivity index (χ0) is 10.3. The zero-order valence-corrected chi connectivity index (χ0v) is 9.05. The maximum Gasteiger partial charge on any atom is 0.352 e. The van der Waals surface area contributed by atoms with Gasteiger partial charge in [-0.2, -0.15) is 0 Å². The molecular formula is C10H8BrNO2. The lowest BCUT2D eigenvalue weighted by atomic mass is 10.1. The van der Waals surface area contributed by atoms with Crippen molar-refractivity contribution < 1.29 is 9.90 Å². The first kappa shape index (κ1) is 9.27. The number of aryl methyl sites for hydroxylation is 1. The van der Waals surface area contributed by atoms with E-state index in [1.54, 1.807) is 6.92 Å². The molecule has 0 saturated carbocycles. The summed E-state index contributed by atoms with van der Waals surface area (Å²) in [5.41, 5.74) is 1.86. The van der Waals surface area contributed by atoms with Gasteiger partial charge in [0.05, 0.1) is 0 Å². The highest BCUT2D eigenvalue weighted by Gasteiger charge is 2.14. The Kier molecular flexibility index (Phi) is 2.07. The first-order chi connectivity index (χ1) is 6.61. The van der Waals surface area contributed by atoms with Crippen LogP contribution >= 0.6 is 15.9 Å². The van der Waals surface area contributed by atoms with E-state index in [2.05, 4.69) is 20.9 Å². The highest BCUT2D eigenvalue weighted by molar-refractivity contribution is 9.10. The molecule has 14 heavy (non-hydrogen) atoms. The van der Waals surface area contributed by atoms with Gasteiger partial charge in [0.1, 0.15) is 5.69 Å². The molecule has 0 atom stereocenters. The highest BCUT2D eigenvalue weighted by Crippen LogP contribution is 2.28. The number of benzene rings is 1. The molecule has 0 fully saturated rings. The molecule has 0 spiro atoms. The summed E-state index contributed by atoms with van der Waals surface area (Å²) in [5, 5.41) is 9.85. The summed E-state index contributed by atoms with van der Waals surface area (Å²) in [6, 6.07) is 5.63.